The van der Waals surface area contributed by atoms with Crippen LogP contribution in [0.4, 0.5) is 8.78 Å². The highest BCUT2D eigenvalue weighted by Gasteiger charge is 2.44. The molecule has 0 heterocycles. The molecule has 1 aromatic carbocycles. The van der Waals surface area contributed by atoms with E-state index in [2.05, 4.69) is 6.92 Å². The van der Waals surface area contributed by atoms with Crippen molar-refractivity contribution in [3.8, 4) is 0 Å². The average molecular weight is 269 g/mol. The standard InChI is InChI=1S/C15H21F2NO/c1-2-10-5-6-15(8-10,9-18)14(19)12-4-3-11(16)7-13(12)17/h3-4,7,10,14,19H,2,5-6,8-9,18H2,1H3. The van der Waals surface area contributed by atoms with Crippen LogP contribution in [0.15, 0.2) is 18.2 Å². The van der Waals surface area contributed by atoms with Crippen molar-refractivity contribution < 1.29 is 13.9 Å². The Morgan fingerprint density at radius 2 is 2.21 bits per heavy atom. The van der Waals surface area contributed by atoms with E-state index >= 15 is 0 Å². The van der Waals surface area contributed by atoms with Crippen LogP contribution in [0.3, 0.4) is 0 Å². The predicted molar refractivity (Wildman–Crippen MR) is 70.4 cm³/mol. The highest BCUT2D eigenvalue weighted by atomic mass is 19.1. The molecule has 1 aliphatic rings. The number of rotatable bonds is 4. The second kappa shape index (κ2) is 5.55. The van der Waals surface area contributed by atoms with Crippen LogP contribution < -0.4 is 5.73 Å². The van der Waals surface area contributed by atoms with E-state index in [1.807, 2.05) is 0 Å². The van der Waals surface area contributed by atoms with Crippen LogP contribution in [0.5, 0.6) is 0 Å². The lowest BCUT2D eigenvalue weighted by Gasteiger charge is -2.34. The molecule has 0 amide bonds. The fraction of sp³-hybridized carbons (Fsp3) is 0.600. The van der Waals surface area contributed by atoms with Crippen LogP contribution in [0.25, 0.3) is 0 Å². The first-order valence-electron chi connectivity index (χ1n) is 6.85. The molecule has 2 rings (SSSR count). The number of aliphatic hydroxyl groups is 1. The summed E-state index contributed by atoms with van der Waals surface area (Å²) in [5.74, 6) is -0.796. The van der Waals surface area contributed by atoms with Crippen molar-refractivity contribution >= 4 is 0 Å². The summed E-state index contributed by atoms with van der Waals surface area (Å²) >= 11 is 0. The van der Waals surface area contributed by atoms with E-state index in [1.54, 1.807) is 0 Å². The van der Waals surface area contributed by atoms with Gasteiger partial charge >= 0.3 is 0 Å². The highest BCUT2D eigenvalue weighted by Crippen LogP contribution is 2.50. The van der Waals surface area contributed by atoms with Crippen molar-refractivity contribution in [2.24, 2.45) is 17.1 Å². The summed E-state index contributed by atoms with van der Waals surface area (Å²) in [6.07, 6.45) is 2.68. The number of benzene rings is 1. The van der Waals surface area contributed by atoms with Crippen LogP contribution >= 0.6 is 0 Å². The molecule has 19 heavy (non-hydrogen) atoms. The molecule has 2 nitrogen and oxygen atoms in total. The van der Waals surface area contributed by atoms with Gasteiger partial charge in [0, 0.05) is 23.6 Å². The summed E-state index contributed by atoms with van der Waals surface area (Å²) in [5, 5.41) is 10.5. The van der Waals surface area contributed by atoms with Gasteiger partial charge in [0.1, 0.15) is 11.6 Å². The van der Waals surface area contributed by atoms with Crippen molar-refractivity contribution in [3.63, 3.8) is 0 Å². The lowest BCUT2D eigenvalue weighted by Crippen LogP contribution is -2.35. The lowest BCUT2D eigenvalue weighted by atomic mass is 9.76. The van der Waals surface area contributed by atoms with Gasteiger partial charge in [-0.1, -0.05) is 19.4 Å². The van der Waals surface area contributed by atoms with E-state index in [-0.39, 0.29) is 5.56 Å². The topological polar surface area (TPSA) is 46.2 Å². The molecule has 0 saturated heterocycles. The van der Waals surface area contributed by atoms with Gasteiger partial charge < -0.3 is 10.8 Å². The summed E-state index contributed by atoms with van der Waals surface area (Å²) < 4.78 is 26.7. The largest absolute Gasteiger partial charge is 0.388 e. The number of nitrogens with two attached hydrogens (primary N) is 1. The molecular weight excluding hydrogens is 248 g/mol. The zero-order chi connectivity index (χ0) is 14.0. The van der Waals surface area contributed by atoms with Crippen LogP contribution in [0.1, 0.15) is 44.3 Å². The third kappa shape index (κ3) is 2.65. The van der Waals surface area contributed by atoms with Crippen LogP contribution in [0, 0.1) is 23.0 Å². The maximum Gasteiger partial charge on any atom is 0.131 e. The normalized spacial score (nSPS) is 28.6. The molecule has 1 saturated carbocycles. The molecule has 4 heteroatoms. The molecule has 3 N–H and O–H groups in total. The minimum absolute atomic E-state index is 0.156. The minimum Gasteiger partial charge on any atom is -0.388 e. The van der Waals surface area contributed by atoms with E-state index in [4.69, 9.17) is 5.73 Å². The predicted octanol–water partition coefficient (Wildman–Crippen LogP) is 3.15. The molecule has 0 radical (unpaired) electrons. The third-order valence-corrected chi connectivity index (χ3v) is 4.57. The maximum absolute atomic E-state index is 13.8. The second-order valence-electron chi connectivity index (χ2n) is 5.65. The Balaban J connectivity index is 2.28. The fourth-order valence-electron chi connectivity index (χ4n) is 3.22. The van der Waals surface area contributed by atoms with Crippen molar-refractivity contribution in [2.75, 3.05) is 6.54 Å². The van der Waals surface area contributed by atoms with Gasteiger partial charge in [-0.15, -0.1) is 0 Å². The molecule has 0 bridgehead atoms. The quantitative estimate of drug-likeness (QED) is 0.882. The monoisotopic (exact) mass is 269 g/mol. The van der Waals surface area contributed by atoms with Crippen molar-refractivity contribution in [3.05, 3.63) is 35.4 Å². The molecule has 106 valence electrons. The molecule has 3 atom stereocenters. The molecule has 0 aliphatic heterocycles. The van der Waals surface area contributed by atoms with Gasteiger partial charge in [-0.25, -0.2) is 8.78 Å². The summed E-state index contributed by atoms with van der Waals surface area (Å²) in [6.45, 7) is 2.43. The first-order chi connectivity index (χ1) is 9.02. The van der Waals surface area contributed by atoms with Gasteiger partial charge in [-0.3, -0.25) is 0 Å². The van der Waals surface area contributed by atoms with Crippen molar-refractivity contribution in [1.82, 2.24) is 0 Å². The van der Waals surface area contributed by atoms with E-state index < -0.39 is 23.2 Å². The Bertz CT molecular complexity index is 452. The third-order valence-electron chi connectivity index (χ3n) is 4.57. The highest BCUT2D eigenvalue weighted by molar-refractivity contribution is 5.23. The molecule has 3 unspecified atom stereocenters. The summed E-state index contributed by atoms with van der Waals surface area (Å²) in [7, 11) is 0. The van der Waals surface area contributed by atoms with Gasteiger partial charge in [0.15, 0.2) is 0 Å². The average Bonchev–Trinajstić information content (AvgIpc) is 2.83. The van der Waals surface area contributed by atoms with Crippen LogP contribution in [0.2, 0.25) is 0 Å². The SMILES string of the molecule is CCC1CCC(CN)(C(O)c2ccc(F)cc2F)C1. The van der Waals surface area contributed by atoms with E-state index in [0.29, 0.717) is 12.5 Å². The number of hydrogen-bond acceptors (Lipinski definition) is 2. The number of aliphatic hydroxyl groups excluding tert-OH is 1. The zero-order valence-corrected chi connectivity index (χ0v) is 11.2. The molecule has 1 aromatic rings. The number of halogens is 2. The van der Waals surface area contributed by atoms with Crippen molar-refractivity contribution in [2.45, 2.75) is 38.7 Å². The van der Waals surface area contributed by atoms with Crippen LogP contribution in [-0.2, 0) is 0 Å². The Hall–Kier alpha value is -1.00. The number of hydrogen-bond donors (Lipinski definition) is 2. The van der Waals surface area contributed by atoms with Gasteiger partial charge in [-0.05, 0) is 31.2 Å². The Morgan fingerprint density at radius 1 is 1.47 bits per heavy atom. The molecule has 0 aromatic heterocycles. The first-order valence-corrected chi connectivity index (χ1v) is 6.85. The summed E-state index contributed by atoms with van der Waals surface area (Å²) in [4.78, 5) is 0. The lowest BCUT2D eigenvalue weighted by molar-refractivity contribution is 0.0274. The Labute approximate surface area is 112 Å². The van der Waals surface area contributed by atoms with Gasteiger partial charge in [0.25, 0.3) is 0 Å². The maximum atomic E-state index is 13.8. The van der Waals surface area contributed by atoms with Gasteiger partial charge in [0.05, 0.1) is 6.10 Å². The van der Waals surface area contributed by atoms with Gasteiger partial charge in [0.2, 0.25) is 0 Å². The molecule has 1 aliphatic carbocycles. The van der Waals surface area contributed by atoms with Gasteiger partial charge in [-0.2, -0.15) is 0 Å². The molecular formula is C15H21F2NO. The fourth-order valence-corrected chi connectivity index (χ4v) is 3.22. The molecule has 0 spiro atoms. The summed E-state index contributed by atoms with van der Waals surface area (Å²) in [5.41, 5.74) is 5.53. The van der Waals surface area contributed by atoms with E-state index in [9.17, 15) is 13.9 Å². The van der Waals surface area contributed by atoms with E-state index in [1.165, 1.54) is 12.1 Å². The zero-order valence-electron chi connectivity index (χ0n) is 11.2. The van der Waals surface area contributed by atoms with E-state index in [0.717, 1.165) is 31.7 Å². The smallest absolute Gasteiger partial charge is 0.131 e. The van der Waals surface area contributed by atoms with Crippen molar-refractivity contribution in [1.29, 1.82) is 0 Å². The van der Waals surface area contributed by atoms with Crippen LogP contribution in [-0.4, -0.2) is 11.7 Å². The minimum atomic E-state index is -0.963. The molecule has 1 fully saturated rings. The Morgan fingerprint density at radius 3 is 2.74 bits per heavy atom. The summed E-state index contributed by atoms with van der Waals surface area (Å²) in [6, 6.07) is 3.32. The first kappa shape index (κ1) is 14.4. The Kier molecular flexibility index (Phi) is 4.21. The second-order valence-corrected chi connectivity index (χ2v) is 5.65.